The average molecular weight is 320 g/mol. The second-order valence-corrected chi connectivity index (χ2v) is 5.76. The molecule has 0 fully saturated rings. The molecule has 2 aromatic carbocycles. The number of esters is 1. The Balaban J connectivity index is 1.91. The number of hydrogen-bond acceptors (Lipinski definition) is 4. The molecule has 0 amide bonds. The van der Waals surface area contributed by atoms with E-state index in [1.807, 2.05) is 18.2 Å². The number of fused-ring (bicyclic) bond motifs is 1. The Morgan fingerprint density at radius 3 is 2.58 bits per heavy atom. The van der Waals surface area contributed by atoms with Crippen LogP contribution in [0.15, 0.2) is 48.7 Å². The van der Waals surface area contributed by atoms with Crippen LogP contribution in [0.1, 0.15) is 28.4 Å². The second kappa shape index (κ2) is 6.71. The SMILES string of the molecule is CCOC(=O)c1ccc(Nc2ccnc3cc(C)cc(C)c23)cc1. The van der Waals surface area contributed by atoms with E-state index in [-0.39, 0.29) is 5.97 Å². The minimum absolute atomic E-state index is 0.301. The van der Waals surface area contributed by atoms with Crippen LogP contribution in [0.4, 0.5) is 11.4 Å². The predicted octanol–water partition coefficient (Wildman–Crippen LogP) is 4.77. The number of rotatable bonds is 4. The van der Waals surface area contributed by atoms with Crippen LogP contribution in [0.3, 0.4) is 0 Å². The lowest BCUT2D eigenvalue weighted by molar-refractivity contribution is 0.0526. The number of aromatic nitrogens is 1. The molecule has 0 saturated carbocycles. The van der Waals surface area contributed by atoms with Crippen LogP contribution in [0.2, 0.25) is 0 Å². The van der Waals surface area contributed by atoms with Crippen molar-refractivity contribution in [1.82, 2.24) is 4.98 Å². The van der Waals surface area contributed by atoms with Gasteiger partial charge in [-0.15, -0.1) is 0 Å². The summed E-state index contributed by atoms with van der Waals surface area (Å²) in [5.41, 5.74) is 5.82. The molecule has 1 aromatic heterocycles. The summed E-state index contributed by atoms with van der Waals surface area (Å²) in [5, 5.41) is 4.52. The topological polar surface area (TPSA) is 51.2 Å². The molecular weight excluding hydrogens is 300 g/mol. The van der Waals surface area contributed by atoms with Crippen LogP contribution in [0.25, 0.3) is 10.9 Å². The van der Waals surface area contributed by atoms with E-state index in [0.717, 1.165) is 22.3 Å². The second-order valence-electron chi connectivity index (χ2n) is 5.76. The van der Waals surface area contributed by atoms with Crippen molar-refractivity contribution in [3.8, 4) is 0 Å². The van der Waals surface area contributed by atoms with E-state index in [9.17, 15) is 4.79 Å². The van der Waals surface area contributed by atoms with Crippen LogP contribution in [-0.2, 0) is 4.74 Å². The normalized spacial score (nSPS) is 10.6. The van der Waals surface area contributed by atoms with Gasteiger partial charge in [0.25, 0.3) is 0 Å². The minimum Gasteiger partial charge on any atom is -0.462 e. The zero-order valence-corrected chi connectivity index (χ0v) is 14.1. The fourth-order valence-electron chi connectivity index (χ4n) is 2.84. The highest BCUT2D eigenvalue weighted by Crippen LogP contribution is 2.29. The highest BCUT2D eigenvalue weighted by atomic mass is 16.5. The molecule has 0 aliphatic carbocycles. The standard InChI is InChI=1S/C20H20N2O2/c1-4-24-20(23)15-5-7-16(8-6-15)22-17-9-10-21-18-12-13(2)11-14(3)19(17)18/h5-12H,4H2,1-3H3,(H,21,22). The number of anilines is 2. The molecule has 0 unspecified atom stereocenters. The number of benzene rings is 2. The van der Waals surface area contributed by atoms with Crippen molar-refractivity contribution in [2.75, 3.05) is 11.9 Å². The zero-order chi connectivity index (χ0) is 17.1. The minimum atomic E-state index is -0.301. The van der Waals surface area contributed by atoms with Gasteiger partial charge in [0.05, 0.1) is 17.7 Å². The smallest absolute Gasteiger partial charge is 0.338 e. The number of nitrogens with zero attached hydrogens (tertiary/aromatic N) is 1. The number of aryl methyl sites for hydroxylation is 2. The van der Waals surface area contributed by atoms with Gasteiger partial charge in [-0.3, -0.25) is 4.98 Å². The highest BCUT2D eigenvalue weighted by Gasteiger charge is 2.08. The number of ether oxygens (including phenoxy) is 1. The molecular formula is C20H20N2O2. The fourth-order valence-corrected chi connectivity index (χ4v) is 2.84. The molecule has 122 valence electrons. The summed E-state index contributed by atoms with van der Waals surface area (Å²) in [6.45, 7) is 6.33. The van der Waals surface area contributed by atoms with Gasteiger partial charge < -0.3 is 10.1 Å². The Morgan fingerprint density at radius 2 is 1.88 bits per heavy atom. The van der Waals surface area contributed by atoms with Gasteiger partial charge in [0, 0.05) is 23.0 Å². The number of carbonyl (C=O) groups is 1. The van der Waals surface area contributed by atoms with Gasteiger partial charge in [0.2, 0.25) is 0 Å². The molecule has 0 saturated heterocycles. The van der Waals surface area contributed by atoms with E-state index in [4.69, 9.17) is 4.74 Å². The maximum absolute atomic E-state index is 11.7. The van der Waals surface area contributed by atoms with Crippen LogP contribution >= 0.6 is 0 Å². The molecule has 3 aromatic rings. The van der Waals surface area contributed by atoms with E-state index in [2.05, 4.69) is 36.3 Å². The molecule has 0 aliphatic heterocycles. The van der Waals surface area contributed by atoms with E-state index >= 15 is 0 Å². The van der Waals surface area contributed by atoms with Crippen LogP contribution in [0, 0.1) is 13.8 Å². The summed E-state index contributed by atoms with van der Waals surface area (Å²) in [4.78, 5) is 16.2. The molecule has 4 nitrogen and oxygen atoms in total. The van der Waals surface area contributed by atoms with Gasteiger partial charge in [0.1, 0.15) is 0 Å². The van der Waals surface area contributed by atoms with E-state index in [1.165, 1.54) is 11.1 Å². The largest absolute Gasteiger partial charge is 0.462 e. The molecule has 3 rings (SSSR count). The summed E-state index contributed by atoms with van der Waals surface area (Å²) in [6.07, 6.45) is 1.80. The Hall–Kier alpha value is -2.88. The average Bonchev–Trinajstić information content (AvgIpc) is 2.55. The van der Waals surface area contributed by atoms with Crippen molar-refractivity contribution in [3.05, 3.63) is 65.4 Å². The van der Waals surface area contributed by atoms with Gasteiger partial charge >= 0.3 is 5.97 Å². The van der Waals surface area contributed by atoms with Gasteiger partial charge in [-0.25, -0.2) is 4.79 Å². The predicted molar refractivity (Wildman–Crippen MR) is 96.9 cm³/mol. The van der Waals surface area contributed by atoms with Crippen molar-refractivity contribution in [2.24, 2.45) is 0 Å². The number of pyridine rings is 1. The Bertz CT molecular complexity index is 886. The monoisotopic (exact) mass is 320 g/mol. The summed E-state index contributed by atoms with van der Waals surface area (Å²) in [6, 6.07) is 13.5. The summed E-state index contributed by atoms with van der Waals surface area (Å²) in [5.74, 6) is -0.301. The first-order valence-electron chi connectivity index (χ1n) is 7.98. The summed E-state index contributed by atoms with van der Waals surface area (Å²) >= 11 is 0. The first kappa shape index (κ1) is 16.0. The molecule has 4 heteroatoms. The maximum Gasteiger partial charge on any atom is 0.338 e. The lowest BCUT2D eigenvalue weighted by atomic mass is 10.0. The number of nitrogens with one attached hydrogen (secondary N) is 1. The van der Waals surface area contributed by atoms with Gasteiger partial charge in [0.15, 0.2) is 0 Å². The molecule has 0 atom stereocenters. The zero-order valence-electron chi connectivity index (χ0n) is 14.1. The third-order valence-electron chi connectivity index (χ3n) is 3.86. The Labute approximate surface area is 141 Å². The van der Waals surface area contributed by atoms with Crippen molar-refractivity contribution >= 4 is 28.2 Å². The Kier molecular flexibility index (Phi) is 4.47. The van der Waals surface area contributed by atoms with Crippen molar-refractivity contribution in [2.45, 2.75) is 20.8 Å². The summed E-state index contributed by atoms with van der Waals surface area (Å²) in [7, 11) is 0. The molecule has 24 heavy (non-hydrogen) atoms. The first-order chi connectivity index (χ1) is 11.6. The molecule has 0 spiro atoms. The van der Waals surface area contributed by atoms with Crippen molar-refractivity contribution in [3.63, 3.8) is 0 Å². The van der Waals surface area contributed by atoms with Gasteiger partial charge in [-0.1, -0.05) is 6.07 Å². The van der Waals surface area contributed by atoms with E-state index < -0.39 is 0 Å². The maximum atomic E-state index is 11.7. The number of hydrogen-bond donors (Lipinski definition) is 1. The first-order valence-corrected chi connectivity index (χ1v) is 7.98. The van der Waals surface area contributed by atoms with Gasteiger partial charge in [-0.2, -0.15) is 0 Å². The molecule has 1 heterocycles. The fraction of sp³-hybridized carbons (Fsp3) is 0.200. The molecule has 0 aliphatic rings. The molecule has 1 N–H and O–H groups in total. The van der Waals surface area contributed by atoms with Crippen molar-refractivity contribution in [1.29, 1.82) is 0 Å². The van der Waals surface area contributed by atoms with Gasteiger partial charge in [-0.05, 0) is 68.3 Å². The molecule has 0 radical (unpaired) electrons. The van der Waals surface area contributed by atoms with Crippen LogP contribution in [0.5, 0.6) is 0 Å². The lowest BCUT2D eigenvalue weighted by Crippen LogP contribution is -2.04. The van der Waals surface area contributed by atoms with E-state index in [1.54, 1.807) is 25.3 Å². The van der Waals surface area contributed by atoms with E-state index in [0.29, 0.717) is 12.2 Å². The lowest BCUT2D eigenvalue weighted by Gasteiger charge is -2.12. The highest BCUT2D eigenvalue weighted by molar-refractivity contribution is 5.96. The van der Waals surface area contributed by atoms with Crippen LogP contribution in [-0.4, -0.2) is 17.6 Å². The third-order valence-corrected chi connectivity index (χ3v) is 3.86. The summed E-state index contributed by atoms with van der Waals surface area (Å²) < 4.78 is 5.00. The Morgan fingerprint density at radius 1 is 1.12 bits per heavy atom. The quantitative estimate of drug-likeness (QED) is 0.703. The van der Waals surface area contributed by atoms with Crippen LogP contribution < -0.4 is 5.32 Å². The molecule has 0 bridgehead atoms. The third kappa shape index (κ3) is 3.23. The van der Waals surface area contributed by atoms with Crippen molar-refractivity contribution < 1.29 is 9.53 Å². The number of carbonyl (C=O) groups excluding carboxylic acids is 1.